The van der Waals surface area contributed by atoms with Gasteiger partial charge in [-0.25, -0.2) is 27.4 Å². The highest BCUT2D eigenvalue weighted by atomic mass is 32.2. The number of hydrogen-bond donors (Lipinski definition) is 1. The fraction of sp³-hybridized carbons (Fsp3) is 0.636. The van der Waals surface area contributed by atoms with E-state index < -0.39 is 44.7 Å². The van der Waals surface area contributed by atoms with E-state index in [2.05, 4.69) is 4.99 Å². The Labute approximate surface area is 216 Å². The van der Waals surface area contributed by atoms with Crippen LogP contribution in [0.2, 0.25) is 0 Å². The Morgan fingerprint density at radius 3 is 2.54 bits per heavy atom. The van der Waals surface area contributed by atoms with E-state index in [4.69, 9.17) is 18.9 Å². The van der Waals surface area contributed by atoms with Crippen LogP contribution in [0.1, 0.15) is 33.3 Å². The third-order valence-electron chi connectivity index (χ3n) is 5.12. The Bertz CT molecular complexity index is 1120. The summed E-state index contributed by atoms with van der Waals surface area (Å²) >= 11 is 0. The van der Waals surface area contributed by atoms with Crippen LogP contribution in [-0.4, -0.2) is 98.4 Å². The van der Waals surface area contributed by atoms with Crippen LogP contribution in [0.15, 0.2) is 23.2 Å². The first kappa shape index (κ1) is 30.2. The average molecular weight is 547 g/mol. The zero-order valence-corrected chi connectivity index (χ0v) is 22.6. The van der Waals surface area contributed by atoms with Crippen LogP contribution < -0.4 is 4.74 Å². The van der Waals surface area contributed by atoms with Crippen LogP contribution in [0.25, 0.3) is 0 Å². The van der Waals surface area contributed by atoms with Gasteiger partial charge in [0.05, 0.1) is 30.5 Å². The zero-order valence-electron chi connectivity index (χ0n) is 21.8. The van der Waals surface area contributed by atoms with Gasteiger partial charge in [0, 0.05) is 31.9 Å². The number of amides is 1. The van der Waals surface area contributed by atoms with Gasteiger partial charge >= 0.3 is 6.09 Å². The predicted octanol–water partition coefficient (Wildman–Crippen LogP) is 1.67. The van der Waals surface area contributed by atoms with Crippen molar-refractivity contribution in [3.8, 4) is 5.75 Å². The van der Waals surface area contributed by atoms with Crippen LogP contribution in [-0.2, 0) is 29.8 Å². The number of carbonyl (C=O) groups is 1. The van der Waals surface area contributed by atoms with Gasteiger partial charge in [0.2, 0.25) is 16.0 Å². The molecule has 0 saturated heterocycles. The minimum atomic E-state index is -4.10. The first-order valence-electron chi connectivity index (χ1n) is 11.3. The van der Waals surface area contributed by atoms with Gasteiger partial charge in [0.25, 0.3) is 5.69 Å². The minimum absolute atomic E-state index is 0.0914. The number of aliphatic hydroxyl groups is 1. The van der Waals surface area contributed by atoms with Gasteiger partial charge in [-0.1, -0.05) is 0 Å². The summed E-state index contributed by atoms with van der Waals surface area (Å²) in [5, 5.41) is 20.7. The molecule has 2 rings (SSSR count). The molecule has 208 valence electrons. The number of nitrogens with zero attached hydrogens (tertiary/aromatic N) is 4. The van der Waals surface area contributed by atoms with Gasteiger partial charge in [-0.15, -0.1) is 0 Å². The van der Waals surface area contributed by atoms with Crippen molar-refractivity contribution in [1.29, 1.82) is 0 Å². The number of nitro groups is 1. The van der Waals surface area contributed by atoms with Crippen molar-refractivity contribution in [3.63, 3.8) is 0 Å². The SMILES string of the molecule is COCCOCN(C(=O)OC(C)(C)C)C1=N[C@](C)(c2cc([N+](=O)[O-])ccc2OCCO)CS(=O)(=O)N1C. The van der Waals surface area contributed by atoms with E-state index >= 15 is 0 Å². The van der Waals surface area contributed by atoms with Gasteiger partial charge in [-0.3, -0.25) is 10.1 Å². The molecule has 1 aromatic rings. The summed E-state index contributed by atoms with van der Waals surface area (Å²) in [6.45, 7) is 5.84. The molecular weight excluding hydrogens is 512 g/mol. The maximum Gasteiger partial charge on any atom is 0.419 e. The predicted molar refractivity (Wildman–Crippen MR) is 133 cm³/mol. The smallest absolute Gasteiger partial charge is 0.419 e. The Morgan fingerprint density at radius 2 is 1.97 bits per heavy atom. The molecule has 14 nitrogen and oxygen atoms in total. The Morgan fingerprint density at radius 1 is 1.30 bits per heavy atom. The molecule has 1 aliphatic heterocycles. The molecular formula is C22H34N4O10S. The number of hydrogen-bond acceptors (Lipinski definition) is 11. The van der Waals surface area contributed by atoms with Crippen molar-refractivity contribution in [2.75, 3.05) is 53.1 Å². The number of non-ortho nitro benzene ring substituents is 1. The molecule has 0 radical (unpaired) electrons. The summed E-state index contributed by atoms with van der Waals surface area (Å²) in [4.78, 5) is 29.5. The van der Waals surface area contributed by atoms with Crippen molar-refractivity contribution < 1.29 is 42.2 Å². The molecule has 0 aliphatic carbocycles. The molecule has 0 fully saturated rings. The highest BCUT2D eigenvalue weighted by molar-refractivity contribution is 7.89. The second-order valence-corrected chi connectivity index (χ2v) is 11.4. The molecule has 0 saturated carbocycles. The molecule has 1 N–H and O–H groups in total. The normalized spacial score (nSPS) is 19.2. The lowest BCUT2D eigenvalue weighted by molar-refractivity contribution is -0.385. The van der Waals surface area contributed by atoms with E-state index in [0.29, 0.717) is 0 Å². The Balaban J connectivity index is 2.70. The Kier molecular flexibility index (Phi) is 9.82. The lowest BCUT2D eigenvalue weighted by atomic mass is 9.93. The minimum Gasteiger partial charge on any atom is -0.491 e. The van der Waals surface area contributed by atoms with Gasteiger partial charge < -0.3 is 24.1 Å². The monoisotopic (exact) mass is 546 g/mol. The van der Waals surface area contributed by atoms with Crippen molar-refractivity contribution >= 4 is 27.8 Å². The maximum atomic E-state index is 13.3. The first-order chi connectivity index (χ1) is 17.1. The largest absolute Gasteiger partial charge is 0.491 e. The summed E-state index contributed by atoms with van der Waals surface area (Å²) in [7, 11) is -1.39. The van der Waals surface area contributed by atoms with E-state index in [1.165, 1.54) is 39.3 Å². The van der Waals surface area contributed by atoms with Gasteiger partial charge in [0.1, 0.15) is 30.2 Å². The molecule has 1 aliphatic rings. The summed E-state index contributed by atoms with van der Waals surface area (Å²) in [5.41, 5.74) is -2.76. The quantitative estimate of drug-likeness (QED) is 0.197. The number of nitro benzene ring substituents is 1. The van der Waals surface area contributed by atoms with Crippen LogP contribution in [0.4, 0.5) is 10.5 Å². The van der Waals surface area contributed by atoms with Crippen molar-refractivity contribution in [3.05, 3.63) is 33.9 Å². The number of guanidine groups is 1. The van der Waals surface area contributed by atoms with E-state index in [1.807, 2.05) is 0 Å². The van der Waals surface area contributed by atoms with Gasteiger partial charge in [-0.05, 0) is 33.8 Å². The number of carbonyl (C=O) groups excluding carboxylic acids is 1. The number of aliphatic imine (C=N–C) groups is 1. The fourth-order valence-corrected chi connectivity index (χ4v) is 4.92. The van der Waals surface area contributed by atoms with Crippen molar-refractivity contribution in [1.82, 2.24) is 9.21 Å². The number of aliphatic hydroxyl groups excluding tert-OH is 1. The highest BCUT2D eigenvalue weighted by Gasteiger charge is 2.46. The Hall–Kier alpha value is -3.01. The fourth-order valence-electron chi connectivity index (χ4n) is 3.41. The molecule has 0 aromatic heterocycles. The topological polar surface area (TPSA) is 170 Å². The zero-order chi connectivity index (χ0) is 28.0. The third kappa shape index (κ3) is 7.74. The van der Waals surface area contributed by atoms with E-state index in [9.17, 15) is 28.4 Å². The summed E-state index contributed by atoms with van der Waals surface area (Å²) in [5.74, 6) is -0.784. The summed E-state index contributed by atoms with van der Waals surface area (Å²) in [6, 6.07) is 3.68. The number of ether oxygens (including phenoxy) is 4. The van der Waals surface area contributed by atoms with Crippen LogP contribution in [0.3, 0.4) is 0 Å². The van der Waals surface area contributed by atoms with Crippen LogP contribution in [0, 0.1) is 10.1 Å². The summed E-state index contributed by atoms with van der Waals surface area (Å²) in [6.07, 6.45) is -0.911. The second-order valence-electron chi connectivity index (χ2n) is 9.36. The molecule has 37 heavy (non-hydrogen) atoms. The molecule has 1 heterocycles. The van der Waals surface area contributed by atoms with Crippen LogP contribution in [0.5, 0.6) is 5.75 Å². The summed E-state index contributed by atoms with van der Waals surface area (Å²) < 4.78 is 48.9. The van der Waals surface area contributed by atoms with E-state index in [0.717, 1.165) is 9.21 Å². The van der Waals surface area contributed by atoms with E-state index in [1.54, 1.807) is 20.8 Å². The molecule has 0 spiro atoms. The molecule has 0 unspecified atom stereocenters. The second kappa shape index (κ2) is 12.0. The molecule has 0 bridgehead atoms. The number of benzene rings is 1. The van der Waals surface area contributed by atoms with Gasteiger partial charge in [-0.2, -0.15) is 0 Å². The van der Waals surface area contributed by atoms with Crippen LogP contribution >= 0.6 is 0 Å². The standard InChI is InChI=1S/C22H34N4O10S/c1-21(2,3)36-20(28)25(15-34-12-11-33-6)19-23-22(4,14-37(31,32)24(19)5)17-13-16(26(29)30)7-8-18(17)35-10-9-27/h7-8,13,27H,9-12,14-15H2,1-6H3/t22-/m0/s1. The number of rotatable bonds is 10. The third-order valence-corrected chi connectivity index (χ3v) is 7.04. The van der Waals surface area contributed by atoms with Gasteiger partial charge in [0.15, 0.2) is 0 Å². The molecule has 1 atom stereocenters. The highest BCUT2D eigenvalue weighted by Crippen LogP contribution is 2.40. The molecule has 1 aromatic carbocycles. The van der Waals surface area contributed by atoms with Crippen molar-refractivity contribution in [2.45, 2.75) is 38.8 Å². The number of sulfonamides is 1. The maximum absolute atomic E-state index is 13.3. The lowest BCUT2D eigenvalue weighted by Gasteiger charge is -2.39. The van der Waals surface area contributed by atoms with Crippen molar-refractivity contribution in [2.24, 2.45) is 4.99 Å². The lowest BCUT2D eigenvalue weighted by Crippen LogP contribution is -2.56. The first-order valence-corrected chi connectivity index (χ1v) is 12.9. The molecule has 15 heteroatoms. The average Bonchev–Trinajstić information content (AvgIpc) is 2.78. The molecule has 1 amide bonds. The van der Waals surface area contributed by atoms with E-state index in [-0.39, 0.29) is 49.4 Å². The number of methoxy groups -OCH3 is 1.